The molecule has 4 aromatic rings. The van der Waals surface area contributed by atoms with Gasteiger partial charge in [-0.3, -0.25) is 0 Å². The zero-order valence-corrected chi connectivity index (χ0v) is 23.6. The number of rotatable bonds is 8. The number of fused-ring (bicyclic) bond motifs is 1. The van der Waals surface area contributed by atoms with Gasteiger partial charge >= 0.3 is 12.1 Å². The van der Waals surface area contributed by atoms with E-state index in [1.807, 2.05) is 17.6 Å². The molecular formula is C31H32F4N6O2. The Bertz CT molecular complexity index is 1630. The van der Waals surface area contributed by atoms with E-state index in [9.17, 15) is 27.5 Å². The van der Waals surface area contributed by atoms with Gasteiger partial charge in [0.05, 0.1) is 18.2 Å². The third kappa shape index (κ3) is 5.87. The van der Waals surface area contributed by atoms with Crippen LogP contribution in [0.4, 0.5) is 29.3 Å². The van der Waals surface area contributed by atoms with Crippen molar-refractivity contribution in [3.8, 4) is 0 Å². The summed E-state index contributed by atoms with van der Waals surface area (Å²) in [6.07, 6.45) is 1.27. The number of carboxylic acid groups (broad SMARTS) is 1. The van der Waals surface area contributed by atoms with E-state index in [4.69, 9.17) is 4.98 Å². The molecule has 2 aliphatic rings. The molecule has 12 heteroatoms. The van der Waals surface area contributed by atoms with Crippen LogP contribution in [-0.2, 0) is 12.7 Å². The lowest BCUT2D eigenvalue weighted by atomic mass is 9.80. The maximum atomic E-state index is 14.3. The predicted octanol–water partition coefficient (Wildman–Crippen LogP) is 7.06. The number of piperidine rings is 1. The van der Waals surface area contributed by atoms with E-state index >= 15 is 0 Å². The zero-order valence-electron chi connectivity index (χ0n) is 23.6. The maximum absolute atomic E-state index is 14.3. The molecule has 226 valence electrons. The average molecular weight is 597 g/mol. The Morgan fingerprint density at radius 3 is 2.47 bits per heavy atom. The van der Waals surface area contributed by atoms with Crippen molar-refractivity contribution in [2.75, 3.05) is 16.8 Å². The van der Waals surface area contributed by atoms with Gasteiger partial charge in [-0.2, -0.15) is 18.2 Å². The number of halogens is 4. The molecule has 0 bridgehead atoms. The average Bonchev–Trinajstić information content (AvgIpc) is 3.30. The molecule has 43 heavy (non-hydrogen) atoms. The van der Waals surface area contributed by atoms with Gasteiger partial charge in [0, 0.05) is 12.6 Å². The second-order valence-electron chi connectivity index (χ2n) is 11.4. The summed E-state index contributed by atoms with van der Waals surface area (Å²) < 4.78 is 56.0. The van der Waals surface area contributed by atoms with Crippen molar-refractivity contribution in [3.63, 3.8) is 0 Å². The number of hydrogen-bond acceptors (Lipinski definition) is 6. The highest BCUT2D eigenvalue weighted by Crippen LogP contribution is 2.39. The van der Waals surface area contributed by atoms with Gasteiger partial charge < -0.3 is 19.9 Å². The number of alkyl halides is 3. The Balaban J connectivity index is 1.51. The molecule has 6 rings (SSSR count). The first-order valence-corrected chi connectivity index (χ1v) is 14.5. The summed E-state index contributed by atoms with van der Waals surface area (Å²) in [6.45, 7) is 2.76. The largest absolute Gasteiger partial charge is 0.475 e. The summed E-state index contributed by atoms with van der Waals surface area (Å²) in [6, 6.07) is 11.1. The number of imidazole rings is 1. The van der Waals surface area contributed by atoms with Crippen molar-refractivity contribution < 1.29 is 27.5 Å². The Kier molecular flexibility index (Phi) is 7.70. The number of benzene rings is 2. The van der Waals surface area contributed by atoms with Gasteiger partial charge in [-0.05, 0) is 80.3 Å². The fourth-order valence-electron chi connectivity index (χ4n) is 6.08. The van der Waals surface area contributed by atoms with Gasteiger partial charge in [-0.1, -0.05) is 30.7 Å². The van der Waals surface area contributed by atoms with Gasteiger partial charge in [0.2, 0.25) is 11.8 Å². The lowest BCUT2D eigenvalue weighted by molar-refractivity contribution is -0.137. The van der Waals surface area contributed by atoms with Crippen LogP contribution in [-0.4, -0.2) is 43.2 Å². The third-order valence-corrected chi connectivity index (χ3v) is 8.61. The van der Waals surface area contributed by atoms with E-state index in [0.29, 0.717) is 35.3 Å². The van der Waals surface area contributed by atoms with Crippen LogP contribution < -0.4 is 10.2 Å². The van der Waals surface area contributed by atoms with Gasteiger partial charge in [-0.25, -0.2) is 19.2 Å². The van der Waals surface area contributed by atoms with Gasteiger partial charge in [0.25, 0.3) is 0 Å². The minimum absolute atomic E-state index is 0.00129. The van der Waals surface area contributed by atoms with Crippen LogP contribution in [0.2, 0.25) is 0 Å². The number of hydrogen-bond donors (Lipinski definition) is 2. The highest BCUT2D eigenvalue weighted by atomic mass is 19.4. The lowest BCUT2D eigenvalue weighted by Crippen LogP contribution is -2.35. The normalized spacial score (nSPS) is 18.4. The molecule has 2 atom stereocenters. The fraction of sp³-hybridized carbons (Fsp3) is 0.419. The maximum Gasteiger partial charge on any atom is 0.416 e. The topological polar surface area (TPSA) is 96.2 Å². The number of anilines is 2. The molecule has 1 aliphatic heterocycles. The van der Waals surface area contributed by atoms with Crippen LogP contribution in [0.15, 0.2) is 48.5 Å². The molecule has 1 saturated carbocycles. The first-order valence-electron chi connectivity index (χ1n) is 14.5. The number of aromatic carboxylic acids is 1. The standard InChI is InChI=1S/C31H32F4N6O2/c1-18(20-6-4-7-20)36-26-25-27(38-28(37-26)29(42)43)39-30(41(25)17-19-11-13-22(14-12-19)31(33,34)35)40-15-3-2-10-24(40)21-8-5-9-23(32)16-21/h5,8-9,11-14,16,18,20,24H,2-4,6-7,10,15,17H2,1H3,(H,42,43)(H,36,37,38)/t18-,24?/m1/s1. The second kappa shape index (κ2) is 11.5. The molecule has 2 fully saturated rings. The molecule has 1 saturated heterocycles. The highest BCUT2D eigenvalue weighted by molar-refractivity contribution is 5.92. The van der Waals surface area contributed by atoms with Gasteiger partial charge in [0.1, 0.15) is 11.3 Å². The Morgan fingerprint density at radius 2 is 1.81 bits per heavy atom. The van der Waals surface area contributed by atoms with Crippen LogP contribution in [0.25, 0.3) is 11.2 Å². The number of nitrogens with one attached hydrogen (secondary N) is 1. The summed E-state index contributed by atoms with van der Waals surface area (Å²) >= 11 is 0. The van der Waals surface area contributed by atoms with Crippen molar-refractivity contribution in [2.24, 2.45) is 5.92 Å². The first-order chi connectivity index (χ1) is 20.6. The van der Waals surface area contributed by atoms with E-state index in [1.165, 1.54) is 24.3 Å². The quantitative estimate of drug-likeness (QED) is 0.210. The van der Waals surface area contributed by atoms with Crippen molar-refractivity contribution in [1.29, 1.82) is 0 Å². The molecule has 2 aromatic heterocycles. The van der Waals surface area contributed by atoms with E-state index in [-0.39, 0.29) is 30.1 Å². The third-order valence-electron chi connectivity index (χ3n) is 8.61. The Hall–Kier alpha value is -4.22. The van der Waals surface area contributed by atoms with Crippen molar-refractivity contribution in [2.45, 2.75) is 70.3 Å². The minimum Gasteiger partial charge on any atom is -0.475 e. The summed E-state index contributed by atoms with van der Waals surface area (Å²) in [5.74, 6) is -0.859. The van der Waals surface area contributed by atoms with Crippen LogP contribution >= 0.6 is 0 Å². The highest BCUT2D eigenvalue weighted by Gasteiger charge is 2.33. The second-order valence-corrected chi connectivity index (χ2v) is 11.4. The molecule has 2 N–H and O–H groups in total. The van der Waals surface area contributed by atoms with Gasteiger partial charge in [-0.15, -0.1) is 0 Å². The van der Waals surface area contributed by atoms with E-state index in [1.54, 1.807) is 6.07 Å². The summed E-state index contributed by atoms with van der Waals surface area (Å²) in [5.41, 5.74) is 1.26. The van der Waals surface area contributed by atoms with Crippen LogP contribution in [0.5, 0.6) is 0 Å². The molecule has 3 heterocycles. The summed E-state index contributed by atoms with van der Waals surface area (Å²) in [5, 5.41) is 13.2. The number of carboxylic acids is 1. The predicted molar refractivity (Wildman–Crippen MR) is 154 cm³/mol. The smallest absolute Gasteiger partial charge is 0.416 e. The summed E-state index contributed by atoms with van der Waals surface area (Å²) in [4.78, 5) is 27.6. The molecule has 8 nitrogen and oxygen atoms in total. The van der Waals surface area contributed by atoms with Crippen LogP contribution in [0.3, 0.4) is 0 Å². The van der Waals surface area contributed by atoms with E-state index in [2.05, 4.69) is 20.2 Å². The number of carbonyl (C=O) groups is 1. The van der Waals surface area contributed by atoms with Gasteiger partial charge in [0.15, 0.2) is 11.5 Å². The molecule has 0 spiro atoms. The van der Waals surface area contributed by atoms with Crippen LogP contribution in [0, 0.1) is 11.7 Å². The molecule has 0 radical (unpaired) electrons. The van der Waals surface area contributed by atoms with Crippen molar-refractivity contribution in [1.82, 2.24) is 19.5 Å². The molecular weight excluding hydrogens is 564 g/mol. The minimum atomic E-state index is -4.47. The van der Waals surface area contributed by atoms with E-state index < -0.39 is 23.5 Å². The Morgan fingerprint density at radius 1 is 1.05 bits per heavy atom. The van der Waals surface area contributed by atoms with Crippen molar-refractivity contribution >= 4 is 28.9 Å². The zero-order chi connectivity index (χ0) is 30.3. The lowest BCUT2D eigenvalue weighted by Gasteiger charge is -2.37. The number of aromatic nitrogens is 4. The van der Waals surface area contributed by atoms with E-state index in [0.717, 1.165) is 56.2 Å². The van der Waals surface area contributed by atoms with Crippen LogP contribution in [0.1, 0.15) is 78.8 Å². The Labute approximate surface area is 245 Å². The molecule has 0 amide bonds. The molecule has 1 unspecified atom stereocenters. The molecule has 1 aliphatic carbocycles. The number of nitrogens with zero attached hydrogens (tertiary/aromatic N) is 5. The van der Waals surface area contributed by atoms with Crippen molar-refractivity contribution in [3.05, 3.63) is 76.9 Å². The molecule has 2 aromatic carbocycles. The monoisotopic (exact) mass is 596 g/mol. The summed E-state index contributed by atoms with van der Waals surface area (Å²) in [7, 11) is 0. The fourth-order valence-corrected chi connectivity index (χ4v) is 6.08. The SMILES string of the molecule is C[C@@H](Nc1nc(C(=O)O)nc2nc(N3CCCCC3c3cccc(F)c3)n(Cc3ccc(C(F)(F)F)cc3)c12)C1CCC1. The first kappa shape index (κ1) is 28.9.